The van der Waals surface area contributed by atoms with Gasteiger partial charge in [0.1, 0.15) is 11.5 Å². The number of rotatable bonds is 8. The van der Waals surface area contributed by atoms with Crippen molar-refractivity contribution in [2.45, 2.75) is 90.9 Å². The van der Waals surface area contributed by atoms with E-state index in [1.54, 1.807) is 0 Å². The van der Waals surface area contributed by atoms with E-state index in [1.807, 2.05) is 19.1 Å². The van der Waals surface area contributed by atoms with Crippen LogP contribution in [0.15, 0.2) is 35.9 Å². The molecule has 1 unspecified atom stereocenters. The van der Waals surface area contributed by atoms with Crippen LogP contribution >= 0.6 is 0 Å². The van der Waals surface area contributed by atoms with Crippen LogP contribution in [0.4, 0.5) is 0 Å². The molecule has 2 nitrogen and oxygen atoms in total. The van der Waals surface area contributed by atoms with Crippen LogP contribution in [0.5, 0.6) is 11.5 Å². The lowest BCUT2D eigenvalue weighted by Gasteiger charge is -2.32. The van der Waals surface area contributed by atoms with Crippen LogP contribution in [0.25, 0.3) is 0 Å². The first-order chi connectivity index (χ1) is 12.7. The summed E-state index contributed by atoms with van der Waals surface area (Å²) in [4.78, 5) is 0. The predicted octanol–water partition coefficient (Wildman–Crippen LogP) is 7.36. The van der Waals surface area contributed by atoms with Gasteiger partial charge in [0.05, 0.1) is 0 Å². The predicted molar refractivity (Wildman–Crippen MR) is 116 cm³/mol. The van der Waals surface area contributed by atoms with Gasteiger partial charge in [-0.05, 0) is 62.1 Å². The summed E-state index contributed by atoms with van der Waals surface area (Å²) in [6.07, 6.45) is 10.2. The molecule has 2 N–H and O–H groups in total. The number of allylic oxidation sites excluding steroid dienone is 3. The van der Waals surface area contributed by atoms with Crippen LogP contribution in [-0.4, -0.2) is 10.2 Å². The SMILES string of the molecule is C=C(C)[C@@H]1CCC(C)=CC1c1c(O)cc(C(C)(C)CCCCCC)cc1O. The van der Waals surface area contributed by atoms with Crippen LogP contribution in [0.2, 0.25) is 0 Å². The van der Waals surface area contributed by atoms with Gasteiger partial charge in [-0.25, -0.2) is 0 Å². The molecule has 150 valence electrons. The number of unbranched alkanes of at least 4 members (excludes halogenated alkanes) is 3. The van der Waals surface area contributed by atoms with E-state index in [9.17, 15) is 10.2 Å². The van der Waals surface area contributed by atoms with Gasteiger partial charge >= 0.3 is 0 Å². The molecule has 2 atom stereocenters. The Morgan fingerprint density at radius 1 is 1.15 bits per heavy atom. The number of phenolic OH excluding ortho intramolecular Hbond substituents is 2. The van der Waals surface area contributed by atoms with Crippen molar-refractivity contribution in [2.75, 3.05) is 0 Å². The van der Waals surface area contributed by atoms with Crippen LogP contribution in [0, 0.1) is 5.92 Å². The molecule has 2 rings (SSSR count). The smallest absolute Gasteiger partial charge is 0.123 e. The number of aromatic hydroxyl groups is 2. The van der Waals surface area contributed by atoms with Gasteiger partial charge in [0.15, 0.2) is 0 Å². The average Bonchev–Trinajstić information content (AvgIpc) is 2.58. The molecule has 1 aromatic carbocycles. The van der Waals surface area contributed by atoms with E-state index in [2.05, 4.69) is 40.3 Å². The van der Waals surface area contributed by atoms with Gasteiger partial charge in [-0.15, -0.1) is 0 Å². The van der Waals surface area contributed by atoms with Crippen molar-refractivity contribution in [1.29, 1.82) is 0 Å². The molecule has 1 aliphatic carbocycles. The van der Waals surface area contributed by atoms with Crippen LogP contribution in [-0.2, 0) is 5.41 Å². The first kappa shape index (κ1) is 21.6. The highest BCUT2D eigenvalue weighted by atomic mass is 16.3. The summed E-state index contributed by atoms with van der Waals surface area (Å²) < 4.78 is 0. The van der Waals surface area contributed by atoms with E-state index in [0.717, 1.165) is 30.4 Å². The zero-order valence-electron chi connectivity index (χ0n) is 17.9. The van der Waals surface area contributed by atoms with Crippen molar-refractivity contribution in [3.63, 3.8) is 0 Å². The molecule has 2 heteroatoms. The van der Waals surface area contributed by atoms with Crippen molar-refractivity contribution in [3.8, 4) is 11.5 Å². The Hall–Kier alpha value is -1.70. The zero-order valence-corrected chi connectivity index (χ0v) is 17.9. The molecule has 0 spiro atoms. The van der Waals surface area contributed by atoms with E-state index in [-0.39, 0.29) is 28.7 Å². The lowest BCUT2D eigenvalue weighted by atomic mass is 9.72. The van der Waals surface area contributed by atoms with E-state index >= 15 is 0 Å². The highest BCUT2D eigenvalue weighted by Crippen LogP contribution is 2.47. The van der Waals surface area contributed by atoms with Gasteiger partial charge in [-0.1, -0.05) is 70.3 Å². The monoisotopic (exact) mass is 370 g/mol. The van der Waals surface area contributed by atoms with Crippen LogP contribution < -0.4 is 0 Å². The Bertz CT molecular complexity index is 673. The highest BCUT2D eigenvalue weighted by molar-refractivity contribution is 5.53. The van der Waals surface area contributed by atoms with Crippen LogP contribution in [0.3, 0.4) is 0 Å². The maximum absolute atomic E-state index is 10.9. The lowest BCUT2D eigenvalue weighted by Crippen LogP contribution is -2.19. The van der Waals surface area contributed by atoms with E-state index in [4.69, 9.17) is 0 Å². The number of hydrogen-bond donors (Lipinski definition) is 2. The third-order valence-electron chi connectivity index (χ3n) is 6.29. The summed E-state index contributed by atoms with van der Waals surface area (Å²) in [5, 5.41) is 21.7. The third-order valence-corrected chi connectivity index (χ3v) is 6.29. The van der Waals surface area contributed by atoms with Crippen molar-refractivity contribution >= 4 is 0 Å². The molecule has 0 bridgehead atoms. The topological polar surface area (TPSA) is 40.5 Å². The number of phenols is 2. The molecular weight excluding hydrogens is 332 g/mol. The van der Waals surface area contributed by atoms with Crippen molar-refractivity contribution < 1.29 is 10.2 Å². The Morgan fingerprint density at radius 2 is 1.78 bits per heavy atom. The summed E-state index contributed by atoms with van der Waals surface area (Å²) >= 11 is 0. The van der Waals surface area contributed by atoms with Crippen molar-refractivity contribution in [2.24, 2.45) is 5.92 Å². The second-order valence-electron chi connectivity index (χ2n) is 9.15. The lowest BCUT2D eigenvalue weighted by molar-refractivity contribution is 0.397. The molecule has 0 heterocycles. The van der Waals surface area contributed by atoms with Gasteiger partial charge in [-0.2, -0.15) is 0 Å². The normalized spacial score (nSPS) is 20.4. The average molecular weight is 371 g/mol. The summed E-state index contributed by atoms with van der Waals surface area (Å²) in [5.74, 6) is 0.694. The fourth-order valence-corrected chi connectivity index (χ4v) is 4.40. The maximum atomic E-state index is 10.9. The Morgan fingerprint density at radius 3 is 2.33 bits per heavy atom. The molecule has 0 saturated heterocycles. The minimum atomic E-state index is -0.0622. The second-order valence-corrected chi connectivity index (χ2v) is 9.15. The Balaban J connectivity index is 2.33. The second kappa shape index (κ2) is 8.99. The largest absolute Gasteiger partial charge is 0.507 e. The maximum Gasteiger partial charge on any atom is 0.123 e. The van der Waals surface area contributed by atoms with E-state index in [0.29, 0.717) is 5.56 Å². The molecule has 27 heavy (non-hydrogen) atoms. The minimum absolute atomic E-state index is 0.00188. The van der Waals surface area contributed by atoms with Crippen molar-refractivity contribution in [3.05, 3.63) is 47.1 Å². The fraction of sp³-hybridized carbons (Fsp3) is 0.600. The first-order valence-corrected chi connectivity index (χ1v) is 10.6. The third kappa shape index (κ3) is 5.18. The number of benzene rings is 1. The molecule has 0 amide bonds. The summed E-state index contributed by atoms with van der Waals surface area (Å²) in [7, 11) is 0. The summed E-state index contributed by atoms with van der Waals surface area (Å²) in [5.41, 5.74) is 4.04. The van der Waals surface area contributed by atoms with E-state index in [1.165, 1.54) is 31.3 Å². The molecular formula is C25H38O2. The first-order valence-electron chi connectivity index (χ1n) is 10.6. The van der Waals surface area contributed by atoms with Gasteiger partial charge in [0, 0.05) is 11.5 Å². The highest BCUT2D eigenvalue weighted by Gasteiger charge is 2.31. The van der Waals surface area contributed by atoms with Gasteiger partial charge in [-0.3, -0.25) is 0 Å². The summed E-state index contributed by atoms with van der Waals surface area (Å²) in [6, 6.07) is 3.75. The summed E-state index contributed by atoms with van der Waals surface area (Å²) in [6.45, 7) is 15.0. The van der Waals surface area contributed by atoms with Gasteiger partial charge in [0.2, 0.25) is 0 Å². The molecule has 0 fully saturated rings. The Kier molecular flexibility index (Phi) is 7.19. The Labute approximate surface area is 166 Å². The van der Waals surface area contributed by atoms with Crippen molar-refractivity contribution in [1.82, 2.24) is 0 Å². The molecule has 1 aliphatic rings. The van der Waals surface area contributed by atoms with Crippen LogP contribution in [0.1, 0.15) is 96.6 Å². The minimum Gasteiger partial charge on any atom is -0.507 e. The molecule has 0 saturated carbocycles. The molecule has 0 aliphatic heterocycles. The molecule has 0 radical (unpaired) electrons. The molecule has 0 aromatic heterocycles. The quantitative estimate of drug-likeness (QED) is 0.370. The van der Waals surface area contributed by atoms with Gasteiger partial charge < -0.3 is 10.2 Å². The standard InChI is InChI=1S/C25H38O2/c1-7-8-9-10-13-25(5,6)19-15-22(26)24(23(27)16-19)21-14-18(4)11-12-20(21)17(2)3/h14-16,20-21,26-27H,2,7-13H2,1,3-6H3/t20-,21?/m0/s1. The van der Waals surface area contributed by atoms with Gasteiger partial charge in [0.25, 0.3) is 0 Å². The van der Waals surface area contributed by atoms with E-state index < -0.39 is 0 Å². The fourth-order valence-electron chi connectivity index (χ4n) is 4.40. The zero-order chi connectivity index (χ0) is 20.2. The molecule has 1 aromatic rings. The number of hydrogen-bond acceptors (Lipinski definition) is 2.